The molecule has 0 fully saturated rings. The molecule has 2 aliphatic rings. The number of urea groups is 1. The zero-order valence-electron chi connectivity index (χ0n) is 10.7. The summed E-state index contributed by atoms with van der Waals surface area (Å²) in [5, 5.41) is 15.9. The maximum Gasteiger partial charge on any atom is 0.315 e. The highest BCUT2D eigenvalue weighted by molar-refractivity contribution is 5.75. The molecule has 100 valence electrons. The lowest BCUT2D eigenvalue weighted by Crippen LogP contribution is -2.44. The standard InChI is InChI=1S/C15H18N2O2/c18-13-9-10-5-1-4-8-12(10)14(13)17-15(19)16-11-6-2-3-7-11/h1-5,8,11,13-14,18H,6-7,9H2,(H2,16,17,19). The second kappa shape index (κ2) is 5.05. The number of aliphatic hydroxyl groups is 1. The number of aliphatic hydroxyl groups excluding tert-OH is 1. The van der Waals surface area contributed by atoms with E-state index < -0.39 is 6.10 Å². The van der Waals surface area contributed by atoms with Crippen molar-refractivity contribution in [3.8, 4) is 0 Å². The zero-order valence-corrected chi connectivity index (χ0v) is 10.7. The van der Waals surface area contributed by atoms with E-state index in [2.05, 4.69) is 22.8 Å². The second-order valence-corrected chi connectivity index (χ2v) is 5.21. The molecule has 2 amide bonds. The van der Waals surface area contributed by atoms with Gasteiger partial charge in [0, 0.05) is 12.5 Å². The predicted octanol–water partition coefficient (Wildman–Crippen LogP) is 1.66. The van der Waals surface area contributed by atoms with Gasteiger partial charge in [-0.3, -0.25) is 0 Å². The molecular weight excluding hydrogens is 240 g/mol. The van der Waals surface area contributed by atoms with Gasteiger partial charge in [0.05, 0.1) is 12.1 Å². The topological polar surface area (TPSA) is 61.4 Å². The first kappa shape index (κ1) is 12.2. The van der Waals surface area contributed by atoms with Gasteiger partial charge in [0.1, 0.15) is 0 Å². The maximum absolute atomic E-state index is 11.9. The first-order valence-corrected chi connectivity index (χ1v) is 6.72. The lowest BCUT2D eigenvalue weighted by Gasteiger charge is -2.20. The summed E-state index contributed by atoms with van der Waals surface area (Å²) >= 11 is 0. The Morgan fingerprint density at radius 2 is 1.89 bits per heavy atom. The van der Waals surface area contributed by atoms with Crippen molar-refractivity contribution in [1.29, 1.82) is 0 Å². The molecule has 3 N–H and O–H groups in total. The molecule has 0 saturated heterocycles. The van der Waals surface area contributed by atoms with E-state index in [9.17, 15) is 9.90 Å². The molecule has 0 aromatic heterocycles. The summed E-state index contributed by atoms with van der Waals surface area (Å²) in [5.74, 6) is 0. The van der Waals surface area contributed by atoms with E-state index in [0.717, 1.165) is 24.0 Å². The summed E-state index contributed by atoms with van der Waals surface area (Å²) in [6.45, 7) is 0. The Balaban J connectivity index is 1.64. The van der Waals surface area contributed by atoms with Crippen LogP contribution in [0.15, 0.2) is 36.4 Å². The summed E-state index contributed by atoms with van der Waals surface area (Å²) in [6, 6.07) is 7.55. The van der Waals surface area contributed by atoms with Gasteiger partial charge in [-0.15, -0.1) is 0 Å². The van der Waals surface area contributed by atoms with Crippen LogP contribution in [-0.4, -0.2) is 23.3 Å². The van der Waals surface area contributed by atoms with Crippen LogP contribution in [0, 0.1) is 0 Å². The number of carbonyl (C=O) groups is 1. The van der Waals surface area contributed by atoms with Crippen LogP contribution in [0.4, 0.5) is 4.79 Å². The minimum atomic E-state index is -0.537. The first-order chi connectivity index (χ1) is 9.24. The molecule has 2 atom stereocenters. The van der Waals surface area contributed by atoms with Crippen LogP contribution in [0.2, 0.25) is 0 Å². The van der Waals surface area contributed by atoms with Crippen LogP contribution in [0.1, 0.15) is 30.0 Å². The Labute approximate surface area is 112 Å². The molecule has 0 radical (unpaired) electrons. The molecule has 0 saturated carbocycles. The van der Waals surface area contributed by atoms with E-state index in [0.29, 0.717) is 6.42 Å². The molecule has 1 aromatic carbocycles. The predicted molar refractivity (Wildman–Crippen MR) is 72.7 cm³/mol. The monoisotopic (exact) mass is 258 g/mol. The van der Waals surface area contributed by atoms with Crippen molar-refractivity contribution in [2.45, 2.75) is 37.5 Å². The van der Waals surface area contributed by atoms with Crippen LogP contribution in [0.25, 0.3) is 0 Å². The molecule has 0 spiro atoms. The third kappa shape index (κ3) is 2.49. The van der Waals surface area contributed by atoms with E-state index in [4.69, 9.17) is 0 Å². The number of hydrogen-bond acceptors (Lipinski definition) is 2. The minimum absolute atomic E-state index is 0.189. The molecule has 2 unspecified atom stereocenters. The normalized spacial score (nSPS) is 25.3. The fourth-order valence-electron chi connectivity index (χ4n) is 2.85. The number of hydrogen-bond donors (Lipinski definition) is 3. The van der Waals surface area contributed by atoms with Crippen molar-refractivity contribution in [2.24, 2.45) is 0 Å². The lowest BCUT2D eigenvalue weighted by atomic mass is 10.1. The molecule has 1 aromatic rings. The number of carbonyl (C=O) groups excluding carboxylic acids is 1. The smallest absolute Gasteiger partial charge is 0.315 e. The number of amides is 2. The molecule has 2 aliphatic carbocycles. The summed E-state index contributed by atoms with van der Waals surface area (Å²) in [6.07, 6.45) is 5.99. The third-order valence-electron chi connectivity index (χ3n) is 3.83. The van der Waals surface area contributed by atoms with Gasteiger partial charge in [0.2, 0.25) is 0 Å². The molecular formula is C15H18N2O2. The van der Waals surface area contributed by atoms with Gasteiger partial charge in [0.15, 0.2) is 0 Å². The van der Waals surface area contributed by atoms with Gasteiger partial charge in [-0.2, -0.15) is 0 Å². The Morgan fingerprint density at radius 3 is 2.68 bits per heavy atom. The second-order valence-electron chi connectivity index (χ2n) is 5.21. The highest BCUT2D eigenvalue weighted by Crippen LogP contribution is 2.31. The first-order valence-electron chi connectivity index (χ1n) is 6.72. The largest absolute Gasteiger partial charge is 0.390 e. The van der Waals surface area contributed by atoms with E-state index in [-0.39, 0.29) is 18.1 Å². The van der Waals surface area contributed by atoms with Gasteiger partial charge < -0.3 is 15.7 Å². The zero-order chi connectivity index (χ0) is 13.2. The Bertz CT molecular complexity index is 505. The van der Waals surface area contributed by atoms with E-state index in [1.54, 1.807) is 0 Å². The van der Waals surface area contributed by atoms with E-state index in [1.807, 2.05) is 24.3 Å². The molecule has 4 nitrogen and oxygen atoms in total. The Hall–Kier alpha value is -1.81. The molecule has 0 aliphatic heterocycles. The van der Waals surface area contributed by atoms with Crippen LogP contribution < -0.4 is 10.6 Å². The van der Waals surface area contributed by atoms with Crippen LogP contribution in [0.5, 0.6) is 0 Å². The van der Waals surface area contributed by atoms with Crippen LogP contribution in [-0.2, 0) is 6.42 Å². The van der Waals surface area contributed by atoms with E-state index >= 15 is 0 Å². The van der Waals surface area contributed by atoms with Crippen molar-refractivity contribution in [2.75, 3.05) is 0 Å². The average Bonchev–Trinajstić information content (AvgIpc) is 2.99. The molecule has 19 heavy (non-hydrogen) atoms. The highest BCUT2D eigenvalue weighted by atomic mass is 16.3. The van der Waals surface area contributed by atoms with Crippen molar-refractivity contribution in [3.63, 3.8) is 0 Å². The maximum atomic E-state index is 11.9. The quantitative estimate of drug-likeness (QED) is 0.707. The van der Waals surface area contributed by atoms with Gasteiger partial charge in [-0.25, -0.2) is 4.79 Å². The van der Waals surface area contributed by atoms with Crippen molar-refractivity contribution in [1.82, 2.24) is 10.6 Å². The fraction of sp³-hybridized carbons (Fsp3) is 0.400. The molecule has 0 heterocycles. The van der Waals surface area contributed by atoms with Gasteiger partial charge in [-0.05, 0) is 24.0 Å². The molecule has 0 bridgehead atoms. The third-order valence-corrected chi connectivity index (χ3v) is 3.83. The summed E-state index contributed by atoms with van der Waals surface area (Å²) in [7, 11) is 0. The van der Waals surface area contributed by atoms with Gasteiger partial charge in [-0.1, -0.05) is 36.4 Å². The summed E-state index contributed by atoms with van der Waals surface area (Å²) in [5.41, 5.74) is 2.14. The van der Waals surface area contributed by atoms with Crippen LogP contribution >= 0.6 is 0 Å². The number of benzene rings is 1. The Kier molecular flexibility index (Phi) is 3.25. The van der Waals surface area contributed by atoms with Gasteiger partial charge in [0.25, 0.3) is 0 Å². The SMILES string of the molecule is O=C(NC1CC=CC1)NC1c2ccccc2CC1O. The number of fused-ring (bicyclic) bond motifs is 1. The Morgan fingerprint density at radius 1 is 1.16 bits per heavy atom. The number of rotatable bonds is 2. The summed E-state index contributed by atoms with van der Waals surface area (Å²) in [4.78, 5) is 11.9. The van der Waals surface area contributed by atoms with Crippen molar-refractivity contribution >= 4 is 6.03 Å². The highest BCUT2D eigenvalue weighted by Gasteiger charge is 2.32. The van der Waals surface area contributed by atoms with Crippen molar-refractivity contribution in [3.05, 3.63) is 47.5 Å². The van der Waals surface area contributed by atoms with Crippen LogP contribution in [0.3, 0.4) is 0 Å². The minimum Gasteiger partial charge on any atom is -0.390 e. The fourth-order valence-corrected chi connectivity index (χ4v) is 2.85. The lowest BCUT2D eigenvalue weighted by molar-refractivity contribution is 0.142. The van der Waals surface area contributed by atoms with Crippen molar-refractivity contribution < 1.29 is 9.90 Å². The summed E-state index contributed by atoms with van der Waals surface area (Å²) < 4.78 is 0. The molecule has 4 heteroatoms. The molecule has 3 rings (SSSR count). The number of nitrogens with one attached hydrogen (secondary N) is 2. The average molecular weight is 258 g/mol. The van der Waals surface area contributed by atoms with Gasteiger partial charge >= 0.3 is 6.03 Å². The van der Waals surface area contributed by atoms with E-state index in [1.165, 1.54) is 0 Å².